The highest BCUT2D eigenvalue weighted by molar-refractivity contribution is 7.71. The number of fused-ring (bicyclic) bond motifs is 2. The monoisotopic (exact) mass is 412 g/mol. The largest absolute Gasteiger partial charge is 0.493 e. The van der Waals surface area contributed by atoms with Crippen LogP contribution in [0.5, 0.6) is 34.6 Å². The summed E-state index contributed by atoms with van der Waals surface area (Å²) in [4.78, 5) is 7.82. The van der Waals surface area contributed by atoms with E-state index >= 15 is 0 Å². The highest BCUT2D eigenvalue weighted by Crippen LogP contribution is 2.44. The van der Waals surface area contributed by atoms with Crippen molar-refractivity contribution >= 4 is 12.2 Å². The van der Waals surface area contributed by atoms with Crippen molar-refractivity contribution in [2.24, 2.45) is 0 Å². The van der Waals surface area contributed by atoms with Gasteiger partial charge in [-0.15, -0.1) is 0 Å². The molecule has 1 N–H and O–H groups in total. The molecule has 0 amide bonds. The van der Waals surface area contributed by atoms with Gasteiger partial charge in [-0.1, -0.05) is 24.4 Å². The number of aromatic amines is 1. The molecule has 150 valence electrons. The number of benzene rings is 2. The number of ether oxygens (including phenoxy) is 5. The molecule has 0 spiro atoms. The normalized spacial score (nSPS) is 11.7. The lowest BCUT2D eigenvalue weighted by atomic mass is 10.0. The van der Waals surface area contributed by atoms with Crippen LogP contribution in [-0.2, 0) is 6.42 Å². The Morgan fingerprint density at radius 2 is 1.66 bits per heavy atom. The van der Waals surface area contributed by atoms with Gasteiger partial charge in [-0.3, -0.25) is 0 Å². The Morgan fingerprint density at radius 1 is 0.966 bits per heavy atom. The smallest absolute Gasteiger partial charge is 0.205 e. The van der Waals surface area contributed by atoms with Crippen LogP contribution in [0, 0.1) is 4.64 Å². The number of para-hydroxylation sites is 1. The molecule has 0 radical (unpaired) electrons. The molecule has 1 aliphatic heterocycles. The van der Waals surface area contributed by atoms with Gasteiger partial charge in [0.1, 0.15) is 10.5 Å². The lowest BCUT2D eigenvalue weighted by Crippen LogP contribution is -2.09. The third kappa shape index (κ3) is 3.25. The van der Waals surface area contributed by atoms with Crippen molar-refractivity contribution in [3.8, 4) is 46.0 Å². The van der Waals surface area contributed by atoms with Crippen molar-refractivity contribution in [2.45, 2.75) is 6.42 Å². The molecule has 0 fully saturated rings. The van der Waals surface area contributed by atoms with Gasteiger partial charge in [0.2, 0.25) is 11.6 Å². The van der Waals surface area contributed by atoms with E-state index < -0.39 is 0 Å². The molecule has 2 aromatic carbocycles. The fourth-order valence-corrected chi connectivity index (χ4v) is 3.60. The molecule has 0 bridgehead atoms. The topological polar surface area (TPSA) is 74.8 Å². The SMILES string of the molecule is COc1cccc2c1Oc1[nH]c(-c3cc(OC)c(OC)c(OC)c3)nc(=S)c1C2. The summed E-state index contributed by atoms with van der Waals surface area (Å²) in [6.07, 6.45) is 0.611. The number of hydrogen-bond donors (Lipinski definition) is 1. The molecule has 29 heavy (non-hydrogen) atoms. The molecule has 8 heteroatoms. The van der Waals surface area contributed by atoms with E-state index in [0.29, 0.717) is 51.5 Å². The average Bonchev–Trinajstić information content (AvgIpc) is 2.76. The fourth-order valence-electron chi connectivity index (χ4n) is 3.34. The maximum Gasteiger partial charge on any atom is 0.205 e. The summed E-state index contributed by atoms with van der Waals surface area (Å²) in [7, 11) is 6.31. The minimum Gasteiger partial charge on any atom is -0.493 e. The molecule has 1 aliphatic rings. The van der Waals surface area contributed by atoms with E-state index in [1.54, 1.807) is 40.6 Å². The van der Waals surface area contributed by atoms with E-state index in [1.165, 1.54) is 0 Å². The van der Waals surface area contributed by atoms with Crippen molar-refractivity contribution in [3.63, 3.8) is 0 Å². The summed E-state index contributed by atoms with van der Waals surface area (Å²) < 4.78 is 28.3. The number of nitrogens with zero attached hydrogens (tertiary/aromatic N) is 1. The highest BCUT2D eigenvalue weighted by atomic mass is 32.1. The van der Waals surface area contributed by atoms with Gasteiger partial charge in [0, 0.05) is 17.5 Å². The molecule has 0 atom stereocenters. The minimum atomic E-state index is 0.468. The van der Waals surface area contributed by atoms with Crippen molar-refractivity contribution in [2.75, 3.05) is 28.4 Å². The van der Waals surface area contributed by atoms with Gasteiger partial charge in [0.05, 0.1) is 34.0 Å². The van der Waals surface area contributed by atoms with Gasteiger partial charge in [0.15, 0.2) is 23.0 Å². The number of H-pyrrole nitrogens is 1. The molecule has 0 unspecified atom stereocenters. The maximum absolute atomic E-state index is 6.13. The first-order chi connectivity index (χ1) is 14.1. The van der Waals surface area contributed by atoms with Gasteiger partial charge >= 0.3 is 0 Å². The minimum absolute atomic E-state index is 0.468. The standard InChI is InChI=1S/C21H20N2O5S/c1-24-14-7-5-6-11-8-13-20(28-17(11)14)22-19(23-21(13)29)12-9-15(25-2)18(27-4)16(10-12)26-3/h5-7,9-10H,8H2,1-4H3,(H,22,23,29). The third-order valence-electron chi connectivity index (χ3n) is 4.77. The van der Waals surface area contributed by atoms with Crippen LogP contribution in [0.15, 0.2) is 30.3 Å². The first-order valence-electron chi connectivity index (χ1n) is 8.86. The number of nitrogens with one attached hydrogen (secondary N) is 1. The first-order valence-corrected chi connectivity index (χ1v) is 9.27. The summed E-state index contributed by atoms with van der Waals surface area (Å²) in [6.45, 7) is 0. The molecule has 4 rings (SSSR count). The van der Waals surface area contributed by atoms with Crippen LogP contribution in [0.25, 0.3) is 11.4 Å². The molecule has 7 nitrogen and oxygen atoms in total. The van der Waals surface area contributed by atoms with Gasteiger partial charge < -0.3 is 28.7 Å². The van der Waals surface area contributed by atoms with Crippen LogP contribution in [0.4, 0.5) is 0 Å². The van der Waals surface area contributed by atoms with Crippen molar-refractivity contribution in [3.05, 3.63) is 46.1 Å². The van der Waals surface area contributed by atoms with Crippen molar-refractivity contribution in [1.29, 1.82) is 0 Å². The van der Waals surface area contributed by atoms with Crippen LogP contribution in [-0.4, -0.2) is 38.4 Å². The molecular weight excluding hydrogens is 392 g/mol. The lowest BCUT2D eigenvalue weighted by Gasteiger charge is -2.22. The molecule has 1 aromatic heterocycles. The van der Waals surface area contributed by atoms with E-state index in [9.17, 15) is 0 Å². The zero-order chi connectivity index (χ0) is 20.5. The zero-order valence-electron chi connectivity index (χ0n) is 16.5. The summed E-state index contributed by atoms with van der Waals surface area (Å²) in [5, 5.41) is 0. The van der Waals surface area contributed by atoms with Gasteiger partial charge in [0.25, 0.3) is 0 Å². The number of hydrogen-bond acceptors (Lipinski definition) is 7. The average molecular weight is 412 g/mol. The number of aromatic nitrogens is 2. The first kappa shape index (κ1) is 19.1. The maximum atomic E-state index is 6.13. The molecule has 0 saturated carbocycles. The number of rotatable bonds is 5. The van der Waals surface area contributed by atoms with Gasteiger partial charge in [-0.2, -0.15) is 0 Å². The van der Waals surface area contributed by atoms with Gasteiger partial charge in [-0.05, 0) is 18.2 Å². The van der Waals surface area contributed by atoms with Crippen LogP contribution in [0.2, 0.25) is 0 Å². The van der Waals surface area contributed by atoms with E-state index in [0.717, 1.165) is 16.7 Å². The Bertz CT molecular complexity index is 1120. The Kier molecular flexibility index (Phi) is 5.02. The summed E-state index contributed by atoms with van der Waals surface area (Å²) in [5.41, 5.74) is 2.55. The van der Waals surface area contributed by atoms with E-state index in [1.807, 2.05) is 18.2 Å². The molecular formula is C21H20N2O5S. The third-order valence-corrected chi connectivity index (χ3v) is 5.11. The molecule has 2 heterocycles. The lowest BCUT2D eigenvalue weighted by molar-refractivity contribution is 0.324. The van der Waals surface area contributed by atoms with E-state index in [-0.39, 0.29) is 0 Å². The second-order valence-corrected chi connectivity index (χ2v) is 6.73. The Hall–Kier alpha value is -3.26. The molecule has 3 aromatic rings. The molecule has 0 saturated heterocycles. The van der Waals surface area contributed by atoms with Gasteiger partial charge in [-0.25, -0.2) is 4.98 Å². The Labute approximate surface area is 173 Å². The fraction of sp³-hybridized carbons (Fsp3) is 0.238. The predicted molar refractivity (Wildman–Crippen MR) is 110 cm³/mol. The highest BCUT2D eigenvalue weighted by Gasteiger charge is 2.24. The zero-order valence-corrected chi connectivity index (χ0v) is 17.3. The van der Waals surface area contributed by atoms with Crippen LogP contribution >= 0.6 is 12.2 Å². The van der Waals surface area contributed by atoms with Crippen molar-refractivity contribution < 1.29 is 23.7 Å². The van der Waals surface area contributed by atoms with Crippen molar-refractivity contribution in [1.82, 2.24) is 9.97 Å². The molecule has 0 aliphatic carbocycles. The summed E-state index contributed by atoms with van der Waals surface area (Å²) in [6, 6.07) is 9.39. The predicted octanol–water partition coefficient (Wildman–Crippen LogP) is 4.54. The quantitative estimate of drug-likeness (QED) is 0.483. The number of methoxy groups -OCH3 is 4. The van der Waals surface area contributed by atoms with Crippen LogP contribution in [0.3, 0.4) is 0 Å². The van der Waals surface area contributed by atoms with Crippen LogP contribution in [0.1, 0.15) is 11.1 Å². The second-order valence-electron chi connectivity index (χ2n) is 6.34. The Balaban J connectivity index is 1.83. The second kappa shape index (κ2) is 7.63. The van der Waals surface area contributed by atoms with E-state index in [4.69, 9.17) is 35.9 Å². The summed E-state index contributed by atoms with van der Waals surface area (Å²) in [5.74, 6) is 3.97. The summed E-state index contributed by atoms with van der Waals surface area (Å²) >= 11 is 5.56. The Morgan fingerprint density at radius 3 is 2.28 bits per heavy atom. The van der Waals surface area contributed by atoms with E-state index in [2.05, 4.69) is 9.97 Å². The van der Waals surface area contributed by atoms with Crippen LogP contribution < -0.4 is 23.7 Å².